The number of hydrogen-bond acceptors (Lipinski definition) is 4. The Balaban J connectivity index is 1.62. The molecule has 2 fully saturated rings. The lowest BCUT2D eigenvalue weighted by molar-refractivity contribution is -0.144. The first-order valence-electron chi connectivity index (χ1n) is 8.49. The molecular formula is C18H23NO5. The topological polar surface area (TPSA) is 84.9 Å². The highest BCUT2D eigenvalue weighted by atomic mass is 16.5. The van der Waals surface area contributed by atoms with Crippen molar-refractivity contribution in [2.75, 3.05) is 13.2 Å². The lowest BCUT2D eigenvalue weighted by Crippen LogP contribution is -2.52. The highest BCUT2D eigenvalue weighted by Gasteiger charge is 2.42. The maximum absolute atomic E-state index is 12.4. The van der Waals surface area contributed by atoms with Crippen LogP contribution in [0.4, 0.5) is 0 Å². The van der Waals surface area contributed by atoms with Crippen LogP contribution in [0.1, 0.15) is 48.9 Å². The molecule has 24 heavy (non-hydrogen) atoms. The molecule has 0 atom stereocenters. The van der Waals surface area contributed by atoms with Gasteiger partial charge in [-0.2, -0.15) is 0 Å². The Kier molecular flexibility index (Phi) is 5.04. The molecule has 1 saturated carbocycles. The van der Waals surface area contributed by atoms with E-state index in [0.717, 1.165) is 25.7 Å². The highest BCUT2D eigenvalue weighted by molar-refractivity contribution is 5.98. The van der Waals surface area contributed by atoms with Crippen LogP contribution in [0.25, 0.3) is 0 Å². The van der Waals surface area contributed by atoms with Gasteiger partial charge in [-0.15, -0.1) is 0 Å². The maximum Gasteiger partial charge on any atom is 0.329 e. The smallest absolute Gasteiger partial charge is 0.329 e. The number of carbonyl (C=O) groups is 2. The van der Waals surface area contributed by atoms with Crippen molar-refractivity contribution >= 4 is 11.9 Å². The Labute approximate surface area is 141 Å². The molecule has 1 aromatic rings. The number of aliphatic carboxylic acids is 1. The van der Waals surface area contributed by atoms with Gasteiger partial charge in [0.05, 0.1) is 13.2 Å². The van der Waals surface area contributed by atoms with Gasteiger partial charge in [-0.1, -0.05) is 12.8 Å². The fourth-order valence-corrected chi connectivity index (χ4v) is 3.33. The normalized spacial score (nSPS) is 20.5. The van der Waals surface area contributed by atoms with Crippen molar-refractivity contribution in [1.82, 2.24) is 5.32 Å². The van der Waals surface area contributed by atoms with Crippen LogP contribution in [0.5, 0.6) is 5.75 Å². The second kappa shape index (κ2) is 7.21. The van der Waals surface area contributed by atoms with Gasteiger partial charge < -0.3 is 19.9 Å². The summed E-state index contributed by atoms with van der Waals surface area (Å²) in [6.07, 6.45) is 4.49. The molecule has 3 rings (SSSR count). The minimum Gasteiger partial charge on any atom is -0.490 e. The van der Waals surface area contributed by atoms with Gasteiger partial charge in [-0.05, 0) is 37.1 Å². The van der Waals surface area contributed by atoms with Crippen LogP contribution in [0.2, 0.25) is 0 Å². The van der Waals surface area contributed by atoms with Crippen molar-refractivity contribution in [3.63, 3.8) is 0 Å². The molecule has 1 saturated heterocycles. The zero-order valence-corrected chi connectivity index (χ0v) is 13.6. The minimum absolute atomic E-state index is 0.146. The molecule has 1 heterocycles. The zero-order chi connectivity index (χ0) is 17.0. The molecule has 1 amide bonds. The van der Waals surface area contributed by atoms with Crippen molar-refractivity contribution in [3.8, 4) is 5.75 Å². The first-order chi connectivity index (χ1) is 11.6. The molecular weight excluding hydrogens is 310 g/mol. The summed E-state index contributed by atoms with van der Waals surface area (Å²) < 4.78 is 11.2. The summed E-state index contributed by atoms with van der Waals surface area (Å²) in [5, 5.41) is 12.2. The number of carboxylic acid groups (broad SMARTS) is 1. The van der Waals surface area contributed by atoms with E-state index in [-0.39, 0.29) is 12.0 Å². The number of nitrogens with one attached hydrogen (secondary N) is 1. The van der Waals surface area contributed by atoms with Crippen molar-refractivity contribution in [3.05, 3.63) is 29.8 Å². The van der Waals surface area contributed by atoms with E-state index in [1.54, 1.807) is 24.3 Å². The zero-order valence-electron chi connectivity index (χ0n) is 13.6. The van der Waals surface area contributed by atoms with Gasteiger partial charge in [0.15, 0.2) is 0 Å². The molecule has 6 heteroatoms. The molecule has 2 N–H and O–H groups in total. The lowest BCUT2D eigenvalue weighted by atomic mass is 9.97. The highest BCUT2D eigenvalue weighted by Crippen LogP contribution is 2.30. The molecule has 0 spiro atoms. The molecule has 0 unspecified atom stereocenters. The first-order valence-corrected chi connectivity index (χ1v) is 8.49. The molecule has 130 valence electrons. The summed E-state index contributed by atoms with van der Waals surface area (Å²) in [6, 6.07) is 6.86. The number of rotatable bonds is 5. The lowest BCUT2D eigenvalue weighted by Gasteiger charge is -2.25. The van der Waals surface area contributed by atoms with Gasteiger partial charge in [0.2, 0.25) is 0 Å². The summed E-state index contributed by atoms with van der Waals surface area (Å²) in [6.45, 7) is 1.42. The number of ether oxygens (including phenoxy) is 2. The molecule has 0 aromatic heterocycles. The Morgan fingerprint density at radius 3 is 2.33 bits per heavy atom. The van der Waals surface area contributed by atoms with E-state index in [9.17, 15) is 14.7 Å². The SMILES string of the molecule is O=C(NC1(C(=O)O)CCCC1)c1ccc(OC2CCOCC2)cc1. The Bertz CT molecular complexity index is 586. The van der Waals surface area contributed by atoms with E-state index < -0.39 is 11.5 Å². The molecule has 6 nitrogen and oxygen atoms in total. The molecule has 0 bridgehead atoms. The van der Waals surface area contributed by atoms with Crippen LogP contribution in [0, 0.1) is 0 Å². The quantitative estimate of drug-likeness (QED) is 0.864. The fraction of sp³-hybridized carbons (Fsp3) is 0.556. The van der Waals surface area contributed by atoms with Gasteiger partial charge >= 0.3 is 5.97 Å². The molecule has 2 aliphatic rings. The van der Waals surface area contributed by atoms with Crippen LogP contribution >= 0.6 is 0 Å². The Morgan fingerprint density at radius 2 is 1.75 bits per heavy atom. The van der Waals surface area contributed by atoms with Crippen molar-refractivity contribution in [2.24, 2.45) is 0 Å². The summed E-state index contributed by atoms with van der Waals surface area (Å²) in [4.78, 5) is 23.9. The van der Waals surface area contributed by atoms with Gasteiger partial charge in [-0.25, -0.2) is 4.79 Å². The average Bonchev–Trinajstić information content (AvgIpc) is 3.06. The summed E-state index contributed by atoms with van der Waals surface area (Å²) in [7, 11) is 0. The fourth-order valence-electron chi connectivity index (χ4n) is 3.33. The van der Waals surface area contributed by atoms with E-state index in [1.165, 1.54) is 0 Å². The van der Waals surface area contributed by atoms with E-state index in [1.807, 2.05) is 0 Å². The van der Waals surface area contributed by atoms with Gasteiger partial charge in [0.1, 0.15) is 17.4 Å². The number of carbonyl (C=O) groups excluding carboxylic acids is 1. The van der Waals surface area contributed by atoms with Gasteiger partial charge in [-0.3, -0.25) is 4.79 Å². The second-order valence-electron chi connectivity index (χ2n) is 6.50. The predicted molar refractivity (Wildman–Crippen MR) is 87.2 cm³/mol. The van der Waals surface area contributed by atoms with Crippen LogP contribution in [-0.4, -0.2) is 41.8 Å². The van der Waals surface area contributed by atoms with E-state index in [2.05, 4.69) is 5.32 Å². The third-order valence-electron chi connectivity index (χ3n) is 4.81. The minimum atomic E-state index is -1.12. The van der Waals surface area contributed by atoms with Crippen molar-refractivity contribution in [2.45, 2.75) is 50.2 Å². The van der Waals surface area contributed by atoms with E-state index in [4.69, 9.17) is 9.47 Å². The Hall–Kier alpha value is -2.08. The summed E-state index contributed by atoms with van der Waals surface area (Å²) in [5.74, 6) is -0.586. The van der Waals surface area contributed by atoms with Crippen LogP contribution in [0.3, 0.4) is 0 Å². The van der Waals surface area contributed by atoms with E-state index in [0.29, 0.717) is 37.4 Å². The largest absolute Gasteiger partial charge is 0.490 e. The number of amides is 1. The van der Waals surface area contributed by atoms with E-state index >= 15 is 0 Å². The second-order valence-corrected chi connectivity index (χ2v) is 6.50. The monoisotopic (exact) mass is 333 g/mol. The maximum atomic E-state index is 12.4. The van der Waals surface area contributed by atoms with Crippen LogP contribution in [0.15, 0.2) is 24.3 Å². The number of hydrogen-bond donors (Lipinski definition) is 2. The molecule has 0 radical (unpaired) electrons. The standard InChI is InChI=1S/C18H23NO5/c20-16(19-18(17(21)22)9-1-2-10-18)13-3-5-14(6-4-13)24-15-7-11-23-12-8-15/h3-6,15H,1-2,7-12H2,(H,19,20)(H,21,22). The van der Waals surface area contributed by atoms with Gasteiger partial charge in [0.25, 0.3) is 5.91 Å². The van der Waals surface area contributed by atoms with Gasteiger partial charge in [0, 0.05) is 18.4 Å². The molecule has 1 aliphatic carbocycles. The summed E-state index contributed by atoms with van der Waals surface area (Å²) >= 11 is 0. The third-order valence-corrected chi connectivity index (χ3v) is 4.81. The Morgan fingerprint density at radius 1 is 1.12 bits per heavy atom. The van der Waals surface area contributed by atoms with Crippen LogP contribution < -0.4 is 10.1 Å². The van der Waals surface area contributed by atoms with Crippen molar-refractivity contribution in [1.29, 1.82) is 0 Å². The molecule has 1 aliphatic heterocycles. The third kappa shape index (κ3) is 3.70. The summed E-state index contributed by atoms with van der Waals surface area (Å²) in [5.41, 5.74) is -0.671. The van der Waals surface area contributed by atoms with Crippen molar-refractivity contribution < 1.29 is 24.2 Å². The number of benzene rings is 1. The average molecular weight is 333 g/mol. The van der Waals surface area contributed by atoms with Crippen LogP contribution in [-0.2, 0) is 9.53 Å². The first kappa shape index (κ1) is 16.8. The number of carboxylic acids is 1. The predicted octanol–water partition coefficient (Wildman–Crippen LogP) is 2.37. The molecule has 1 aromatic carbocycles.